The number of aromatic nitrogens is 1. The highest BCUT2D eigenvalue weighted by Gasteiger charge is 2.33. The van der Waals surface area contributed by atoms with Crippen LogP contribution in [0.2, 0.25) is 0 Å². The summed E-state index contributed by atoms with van der Waals surface area (Å²) in [5, 5.41) is 3.31. The molecule has 3 N–H and O–H groups in total. The zero-order valence-corrected chi connectivity index (χ0v) is 15.0. The highest BCUT2D eigenvalue weighted by atomic mass is 32.1. The van der Waals surface area contributed by atoms with Gasteiger partial charge in [-0.25, -0.2) is 9.78 Å². The van der Waals surface area contributed by atoms with E-state index < -0.39 is 5.97 Å². The minimum atomic E-state index is -0.423. The van der Waals surface area contributed by atoms with Crippen LogP contribution in [0.5, 0.6) is 0 Å². The van der Waals surface area contributed by atoms with E-state index in [9.17, 15) is 9.59 Å². The number of carbonyl (C=O) groups is 2. The van der Waals surface area contributed by atoms with E-state index in [1.54, 1.807) is 0 Å². The zero-order chi connectivity index (χ0) is 17.2. The Morgan fingerprint density at radius 1 is 1.39 bits per heavy atom. The maximum Gasteiger partial charge on any atom is 0.350 e. The SMILES string of the molecule is COC(=O)c1sc(NC(=O)[C@@H]2CCC[C@@H]2CN)nc1C(C)(C)C. The van der Waals surface area contributed by atoms with Gasteiger partial charge in [0.25, 0.3) is 0 Å². The number of anilines is 1. The Bertz CT molecular complexity index is 592. The number of nitrogens with two attached hydrogens (primary N) is 1. The number of nitrogens with zero attached hydrogens (tertiary/aromatic N) is 1. The van der Waals surface area contributed by atoms with E-state index in [-0.39, 0.29) is 23.2 Å². The summed E-state index contributed by atoms with van der Waals surface area (Å²) in [6, 6.07) is 0. The fourth-order valence-electron chi connectivity index (χ4n) is 2.98. The number of rotatable bonds is 4. The molecular formula is C16H25N3O3S. The van der Waals surface area contributed by atoms with Gasteiger partial charge in [0.2, 0.25) is 5.91 Å². The van der Waals surface area contributed by atoms with Crippen molar-refractivity contribution >= 4 is 28.3 Å². The molecular weight excluding hydrogens is 314 g/mol. The number of esters is 1. The minimum Gasteiger partial charge on any atom is -0.465 e. The summed E-state index contributed by atoms with van der Waals surface area (Å²) < 4.78 is 4.83. The molecule has 0 unspecified atom stereocenters. The van der Waals surface area contributed by atoms with Crippen LogP contribution in [-0.2, 0) is 14.9 Å². The van der Waals surface area contributed by atoms with E-state index in [2.05, 4.69) is 10.3 Å². The number of hydrogen-bond acceptors (Lipinski definition) is 6. The fourth-order valence-corrected chi connectivity index (χ4v) is 4.07. The van der Waals surface area contributed by atoms with Gasteiger partial charge >= 0.3 is 5.97 Å². The Hall–Kier alpha value is -1.47. The third kappa shape index (κ3) is 3.90. The van der Waals surface area contributed by atoms with Crippen molar-refractivity contribution in [2.75, 3.05) is 19.0 Å². The molecule has 1 aromatic rings. The van der Waals surface area contributed by atoms with E-state index in [0.29, 0.717) is 22.2 Å². The third-order valence-corrected chi connectivity index (χ3v) is 5.19. The van der Waals surface area contributed by atoms with Gasteiger partial charge in [-0.3, -0.25) is 4.79 Å². The monoisotopic (exact) mass is 339 g/mol. The molecule has 1 saturated carbocycles. The van der Waals surface area contributed by atoms with E-state index in [1.807, 2.05) is 20.8 Å². The number of methoxy groups -OCH3 is 1. The van der Waals surface area contributed by atoms with Gasteiger partial charge in [-0.05, 0) is 25.3 Å². The molecule has 23 heavy (non-hydrogen) atoms. The molecule has 2 atom stereocenters. The van der Waals surface area contributed by atoms with Crippen LogP contribution in [-0.4, -0.2) is 30.5 Å². The summed E-state index contributed by atoms with van der Waals surface area (Å²) in [5.41, 5.74) is 6.08. The summed E-state index contributed by atoms with van der Waals surface area (Å²) in [6.45, 7) is 6.45. The first-order chi connectivity index (χ1) is 10.8. The van der Waals surface area contributed by atoms with Gasteiger partial charge in [0.05, 0.1) is 12.8 Å². The van der Waals surface area contributed by atoms with Crippen LogP contribution in [0.4, 0.5) is 5.13 Å². The van der Waals surface area contributed by atoms with Crippen molar-refractivity contribution in [2.45, 2.75) is 45.4 Å². The van der Waals surface area contributed by atoms with Gasteiger partial charge in [-0.2, -0.15) is 0 Å². The molecule has 1 amide bonds. The third-order valence-electron chi connectivity index (χ3n) is 4.24. The van der Waals surface area contributed by atoms with Crippen LogP contribution in [0.3, 0.4) is 0 Å². The van der Waals surface area contributed by atoms with Crippen LogP contribution in [0.25, 0.3) is 0 Å². The average molecular weight is 339 g/mol. The van der Waals surface area contributed by atoms with Crippen molar-refractivity contribution in [3.8, 4) is 0 Å². The highest BCUT2D eigenvalue weighted by Crippen LogP contribution is 2.35. The zero-order valence-electron chi connectivity index (χ0n) is 14.1. The number of hydrogen-bond donors (Lipinski definition) is 2. The van der Waals surface area contributed by atoms with Gasteiger partial charge in [0, 0.05) is 11.3 Å². The molecule has 1 heterocycles. The van der Waals surface area contributed by atoms with Crippen LogP contribution in [0.1, 0.15) is 55.4 Å². The first-order valence-corrected chi connectivity index (χ1v) is 8.70. The molecule has 0 bridgehead atoms. The second-order valence-corrected chi connectivity index (χ2v) is 7.96. The molecule has 0 spiro atoms. The molecule has 0 saturated heterocycles. The predicted molar refractivity (Wildman–Crippen MR) is 90.7 cm³/mol. The number of ether oxygens (including phenoxy) is 1. The van der Waals surface area contributed by atoms with E-state index in [4.69, 9.17) is 10.5 Å². The molecule has 1 aliphatic rings. The lowest BCUT2D eigenvalue weighted by atomic mass is 9.91. The molecule has 1 aliphatic carbocycles. The summed E-state index contributed by atoms with van der Waals surface area (Å²) in [4.78, 5) is 29.3. The fraction of sp³-hybridized carbons (Fsp3) is 0.688. The molecule has 2 rings (SSSR count). The van der Waals surface area contributed by atoms with Crippen molar-refractivity contribution in [3.05, 3.63) is 10.6 Å². The van der Waals surface area contributed by atoms with Gasteiger partial charge in [-0.1, -0.05) is 38.5 Å². The Labute approximate surface area is 140 Å². The number of amides is 1. The Balaban J connectivity index is 2.22. The Kier molecular flexibility index (Phi) is 5.41. The second-order valence-electron chi connectivity index (χ2n) is 6.96. The Morgan fingerprint density at radius 2 is 2.09 bits per heavy atom. The average Bonchev–Trinajstić information content (AvgIpc) is 3.11. The standard InChI is InChI=1S/C16H25N3O3S/c1-16(2,3)12-11(14(21)22-4)23-15(18-12)19-13(20)10-7-5-6-9(10)8-17/h9-10H,5-8,17H2,1-4H3,(H,18,19,20)/t9-,10-/m1/s1. The van der Waals surface area contributed by atoms with E-state index >= 15 is 0 Å². The maximum atomic E-state index is 12.5. The topological polar surface area (TPSA) is 94.3 Å². The summed E-state index contributed by atoms with van der Waals surface area (Å²) in [7, 11) is 1.34. The lowest BCUT2D eigenvalue weighted by molar-refractivity contribution is -0.120. The largest absolute Gasteiger partial charge is 0.465 e. The predicted octanol–water partition coefficient (Wildman–Crippen LogP) is 2.54. The van der Waals surface area contributed by atoms with Crippen LogP contribution in [0, 0.1) is 11.8 Å². The quantitative estimate of drug-likeness (QED) is 0.822. The highest BCUT2D eigenvalue weighted by molar-refractivity contribution is 7.17. The molecule has 1 fully saturated rings. The lowest BCUT2D eigenvalue weighted by Crippen LogP contribution is -2.29. The molecule has 0 radical (unpaired) electrons. The number of thiazole rings is 1. The van der Waals surface area contributed by atoms with Crippen molar-refractivity contribution in [1.82, 2.24) is 4.98 Å². The van der Waals surface area contributed by atoms with E-state index in [1.165, 1.54) is 18.4 Å². The summed E-state index contributed by atoms with van der Waals surface area (Å²) in [6.07, 6.45) is 2.88. The second kappa shape index (κ2) is 6.97. The molecule has 1 aromatic heterocycles. The van der Waals surface area contributed by atoms with Crippen molar-refractivity contribution < 1.29 is 14.3 Å². The van der Waals surface area contributed by atoms with Gasteiger partial charge < -0.3 is 15.8 Å². The van der Waals surface area contributed by atoms with Crippen molar-refractivity contribution in [3.63, 3.8) is 0 Å². The van der Waals surface area contributed by atoms with Crippen molar-refractivity contribution in [2.24, 2.45) is 17.6 Å². The first kappa shape index (κ1) is 17.9. The molecule has 6 nitrogen and oxygen atoms in total. The maximum absolute atomic E-state index is 12.5. The summed E-state index contributed by atoms with van der Waals surface area (Å²) >= 11 is 1.17. The number of nitrogens with one attached hydrogen (secondary N) is 1. The van der Waals surface area contributed by atoms with Gasteiger partial charge in [-0.15, -0.1) is 0 Å². The lowest BCUT2D eigenvalue weighted by Gasteiger charge is -2.17. The molecule has 7 heteroatoms. The van der Waals surface area contributed by atoms with Crippen LogP contribution in [0.15, 0.2) is 0 Å². The van der Waals surface area contributed by atoms with Crippen LogP contribution < -0.4 is 11.1 Å². The van der Waals surface area contributed by atoms with E-state index in [0.717, 1.165) is 19.3 Å². The molecule has 128 valence electrons. The van der Waals surface area contributed by atoms with Gasteiger partial charge in [0.15, 0.2) is 5.13 Å². The van der Waals surface area contributed by atoms with Gasteiger partial charge in [0.1, 0.15) is 4.88 Å². The minimum absolute atomic E-state index is 0.0522. The normalized spacial score (nSPS) is 21.3. The van der Waals surface area contributed by atoms with Crippen molar-refractivity contribution in [1.29, 1.82) is 0 Å². The number of carbonyl (C=O) groups excluding carboxylic acids is 2. The molecule has 0 aliphatic heterocycles. The Morgan fingerprint density at radius 3 is 2.65 bits per heavy atom. The first-order valence-electron chi connectivity index (χ1n) is 7.88. The molecule has 0 aromatic carbocycles. The van der Waals surface area contributed by atoms with Crippen LogP contribution >= 0.6 is 11.3 Å². The smallest absolute Gasteiger partial charge is 0.350 e. The summed E-state index contributed by atoms with van der Waals surface area (Å²) in [5.74, 6) is -0.308.